The van der Waals surface area contributed by atoms with Crippen LogP contribution in [0.25, 0.3) is 0 Å². The van der Waals surface area contributed by atoms with Gasteiger partial charge in [-0.25, -0.2) is 0 Å². The number of ether oxygens (including phenoxy) is 1. The molecule has 0 aromatic heterocycles. The maximum atomic E-state index is 12.2. The average Bonchev–Trinajstić information content (AvgIpc) is 2.42. The van der Waals surface area contributed by atoms with E-state index in [2.05, 4.69) is 24.1 Å². The van der Waals surface area contributed by atoms with Crippen LogP contribution in [0, 0.1) is 5.41 Å². The molecule has 0 bridgehead atoms. The number of hydrogen-bond acceptors (Lipinski definition) is 4. The molecule has 1 saturated heterocycles. The summed E-state index contributed by atoms with van der Waals surface area (Å²) >= 11 is 0. The van der Waals surface area contributed by atoms with E-state index in [0.29, 0.717) is 26.0 Å². The van der Waals surface area contributed by atoms with Crippen molar-refractivity contribution in [2.45, 2.75) is 40.0 Å². The quantitative estimate of drug-likeness (QED) is 0.557. The molecule has 0 saturated carbocycles. The molecule has 5 heteroatoms. The van der Waals surface area contributed by atoms with Gasteiger partial charge in [-0.05, 0) is 45.8 Å². The van der Waals surface area contributed by atoms with Crippen LogP contribution < -0.4 is 5.32 Å². The first-order valence-corrected chi connectivity index (χ1v) is 7.28. The lowest BCUT2D eigenvalue weighted by molar-refractivity contribution is -0.163. The van der Waals surface area contributed by atoms with E-state index >= 15 is 0 Å². The summed E-state index contributed by atoms with van der Waals surface area (Å²) in [4.78, 5) is 26.6. The third-order valence-corrected chi connectivity index (χ3v) is 3.92. The van der Waals surface area contributed by atoms with Gasteiger partial charge in [0.05, 0.1) is 6.61 Å². The van der Waals surface area contributed by atoms with Crippen molar-refractivity contribution in [2.24, 2.45) is 5.41 Å². The summed E-state index contributed by atoms with van der Waals surface area (Å²) in [6.45, 7) is 9.53. The Kier molecular flexibility index (Phi) is 6.28. The molecule has 1 aliphatic heterocycles. The minimum atomic E-state index is -0.975. The maximum absolute atomic E-state index is 12.2. The molecule has 0 aromatic carbocycles. The van der Waals surface area contributed by atoms with Gasteiger partial charge < -0.3 is 15.0 Å². The highest BCUT2D eigenvalue weighted by Crippen LogP contribution is 2.33. The van der Waals surface area contributed by atoms with Crippen LogP contribution in [0.3, 0.4) is 0 Å². The number of amides is 1. The van der Waals surface area contributed by atoms with Crippen molar-refractivity contribution in [3.8, 4) is 0 Å². The molecule has 1 atom stereocenters. The SMILES string of the molecule is CCOC(=O)C1(CCN(CC)CC)CCCNC1=O. The second kappa shape index (κ2) is 7.48. The number of esters is 1. The van der Waals surface area contributed by atoms with Crippen LogP contribution in [0.5, 0.6) is 0 Å². The molecule has 0 aromatic rings. The maximum Gasteiger partial charge on any atom is 0.321 e. The Bertz CT molecular complexity index is 316. The van der Waals surface area contributed by atoms with Crippen molar-refractivity contribution >= 4 is 11.9 Å². The van der Waals surface area contributed by atoms with Crippen molar-refractivity contribution < 1.29 is 14.3 Å². The number of hydrogen-bond donors (Lipinski definition) is 1. The lowest BCUT2D eigenvalue weighted by atomic mass is 9.76. The Morgan fingerprint density at radius 1 is 1.37 bits per heavy atom. The third kappa shape index (κ3) is 3.69. The number of rotatable bonds is 7. The van der Waals surface area contributed by atoms with Gasteiger partial charge in [-0.3, -0.25) is 9.59 Å². The molecule has 0 radical (unpaired) electrons. The van der Waals surface area contributed by atoms with Crippen molar-refractivity contribution in [2.75, 3.05) is 32.8 Å². The first-order valence-electron chi connectivity index (χ1n) is 7.28. The van der Waals surface area contributed by atoms with Crippen LogP contribution in [0.1, 0.15) is 40.0 Å². The van der Waals surface area contributed by atoms with Gasteiger partial charge in [-0.2, -0.15) is 0 Å². The first-order chi connectivity index (χ1) is 9.10. The van der Waals surface area contributed by atoms with Gasteiger partial charge in [0.1, 0.15) is 5.41 Å². The van der Waals surface area contributed by atoms with E-state index in [1.54, 1.807) is 6.92 Å². The highest BCUT2D eigenvalue weighted by atomic mass is 16.5. The number of nitrogens with zero attached hydrogens (tertiary/aromatic N) is 1. The van der Waals surface area contributed by atoms with Gasteiger partial charge in [0.25, 0.3) is 0 Å². The predicted octanol–water partition coefficient (Wildman–Crippen LogP) is 1.18. The first kappa shape index (κ1) is 16.0. The Balaban J connectivity index is 2.79. The van der Waals surface area contributed by atoms with E-state index in [9.17, 15) is 9.59 Å². The number of carbonyl (C=O) groups excluding carboxylic acids is 2. The zero-order chi connectivity index (χ0) is 14.3. The van der Waals surface area contributed by atoms with Crippen molar-refractivity contribution in [3.63, 3.8) is 0 Å². The minimum Gasteiger partial charge on any atom is -0.465 e. The topological polar surface area (TPSA) is 58.6 Å². The fourth-order valence-electron chi connectivity index (χ4n) is 2.57. The lowest BCUT2D eigenvalue weighted by Crippen LogP contribution is -2.52. The van der Waals surface area contributed by atoms with Crippen LogP contribution in [0.2, 0.25) is 0 Å². The lowest BCUT2D eigenvalue weighted by Gasteiger charge is -2.35. The summed E-state index contributed by atoms with van der Waals surface area (Å²) in [6.07, 6.45) is 1.97. The van der Waals surface area contributed by atoms with E-state index in [1.807, 2.05) is 0 Å². The van der Waals surface area contributed by atoms with E-state index in [4.69, 9.17) is 4.74 Å². The number of nitrogens with one attached hydrogen (secondary N) is 1. The molecular weight excluding hydrogens is 244 g/mol. The Labute approximate surface area is 115 Å². The molecule has 1 aliphatic rings. The fraction of sp³-hybridized carbons (Fsp3) is 0.857. The molecule has 1 rings (SSSR count). The van der Waals surface area contributed by atoms with E-state index < -0.39 is 5.41 Å². The van der Waals surface area contributed by atoms with E-state index in [1.165, 1.54) is 0 Å². The largest absolute Gasteiger partial charge is 0.465 e. The summed E-state index contributed by atoms with van der Waals surface area (Å²) in [6, 6.07) is 0. The van der Waals surface area contributed by atoms with Gasteiger partial charge in [0.15, 0.2) is 0 Å². The van der Waals surface area contributed by atoms with Crippen molar-refractivity contribution in [1.82, 2.24) is 10.2 Å². The third-order valence-electron chi connectivity index (χ3n) is 3.92. The molecule has 1 fully saturated rings. The minimum absolute atomic E-state index is 0.163. The zero-order valence-electron chi connectivity index (χ0n) is 12.3. The molecule has 0 aliphatic carbocycles. The van der Waals surface area contributed by atoms with Gasteiger partial charge in [0, 0.05) is 6.54 Å². The highest BCUT2D eigenvalue weighted by Gasteiger charge is 2.48. The van der Waals surface area contributed by atoms with Gasteiger partial charge in [-0.15, -0.1) is 0 Å². The van der Waals surface area contributed by atoms with Crippen LogP contribution >= 0.6 is 0 Å². The Hall–Kier alpha value is -1.10. The van der Waals surface area contributed by atoms with Crippen LogP contribution in [-0.2, 0) is 14.3 Å². The predicted molar refractivity (Wildman–Crippen MR) is 73.7 cm³/mol. The molecular formula is C14H26N2O3. The molecule has 1 N–H and O–H groups in total. The second-order valence-corrected chi connectivity index (χ2v) is 4.94. The van der Waals surface area contributed by atoms with Crippen LogP contribution in [-0.4, -0.2) is 49.6 Å². The summed E-state index contributed by atoms with van der Waals surface area (Å²) in [5.41, 5.74) is -0.975. The highest BCUT2D eigenvalue weighted by molar-refractivity contribution is 6.03. The van der Waals surface area contributed by atoms with Crippen molar-refractivity contribution in [1.29, 1.82) is 0 Å². The average molecular weight is 270 g/mol. The van der Waals surface area contributed by atoms with Crippen LogP contribution in [0.15, 0.2) is 0 Å². The number of piperidine rings is 1. The van der Waals surface area contributed by atoms with Crippen molar-refractivity contribution in [3.05, 3.63) is 0 Å². The smallest absolute Gasteiger partial charge is 0.321 e. The summed E-state index contributed by atoms with van der Waals surface area (Å²) in [5.74, 6) is -0.524. The molecule has 110 valence electrons. The van der Waals surface area contributed by atoms with Gasteiger partial charge >= 0.3 is 5.97 Å². The zero-order valence-corrected chi connectivity index (χ0v) is 12.3. The molecule has 1 amide bonds. The molecule has 19 heavy (non-hydrogen) atoms. The molecule has 1 unspecified atom stereocenters. The summed E-state index contributed by atoms with van der Waals surface area (Å²) in [7, 11) is 0. The monoisotopic (exact) mass is 270 g/mol. The van der Waals surface area contributed by atoms with Gasteiger partial charge in [-0.1, -0.05) is 13.8 Å². The summed E-state index contributed by atoms with van der Waals surface area (Å²) in [5, 5.41) is 2.81. The normalized spacial score (nSPS) is 23.3. The molecule has 1 heterocycles. The van der Waals surface area contributed by atoms with Gasteiger partial charge in [0.2, 0.25) is 5.91 Å². The Morgan fingerprint density at radius 2 is 2.05 bits per heavy atom. The molecule has 5 nitrogen and oxygen atoms in total. The Morgan fingerprint density at radius 3 is 2.58 bits per heavy atom. The van der Waals surface area contributed by atoms with E-state index in [0.717, 1.165) is 26.1 Å². The second-order valence-electron chi connectivity index (χ2n) is 4.94. The van der Waals surface area contributed by atoms with E-state index in [-0.39, 0.29) is 11.9 Å². The number of carbonyl (C=O) groups is 2. The van der Waals surface area contributed by atoms with Crippen LogP contribution in [0.4, 0.5) is 0 Å². The standard InChI is InChI=1S/C14H26N2O3/c1-4-16(5-2)11-9-14(13(18)19-6-3)8-7-10-15-12(14)17/h4-11H2,1-3H3,(H,15,17). The summed E-state index contributed by atoms with van der Waals surface area (Å²) < 4.78 is 5.14. The fourth-order valence-corrected chi connectivity index (χ4v) is 2.57. The molecule has 0 spiro atoms.